The van der Waals surface area contributed by atoms with Crippen molar-refractivity contribution in [2.45, 2.75) is 58.6 Å². The predicted octanol–water partition coefficient (Wildman–Crippen LogP) is 4.15. The van der Waals surface area contributed by atoms with Crippen molar-refractivity contribution in [2.75, 3.05) is 13.2 Å². The predicted molar refractivity (Wildman–Crippen MR) is 132 cm³/mol. The molecule has 0 spiro atoms. The Bertz CT molecular complexity index is 823. The van der Waals surface area contributed by atoms with E-state index in [-0.39, 0.29) is 28.8 Å². The van der Waals surface area contributed by atoms with Gasteiger partial charge in [0, 0.05) is 13.0 Å². The van der Waals surface area contributed by atoms with Crippen LogP contribution in [0, 0.1) is 17.8 Å². The van der Waals surface area contributed by atoms with Crippen molar-refractivity contribution in [3.63, 3.8) is 0 Å². The number of hydrogen-bond donors (Lipinski definition) is 1. The van der Waals surface area contributed by atoms with E-state index in [1.165, 1.54) is 10.4 Å². The summed E-state index contributed by atoms with van der Waals surface area (Å²) in [6.07, 6.45) is 0.542. The van der Waals surface area contributed by atoms with Crippen LogP contribution in [0.3, 0.4) is 0 Å². The largest absolute Gasteiger partial charge is 0.466 e. The smallest absolute Gasteiger partial charge is 0.306 e. The van der Waals surface area contributed by atoms with Crippen molar-refractivity contribution < 1.29 is 19.1 Å². The average molecular weight is 455 g/mol. The molecule has 0 aromatic heterocycles. The molecular weight excluding hydrogens is 416 g/mol. The summed E-state index contributed by atoms with van der Waals surface area (Å²) < 4.78 is 12.3. The monoisotopic (exact) mass is 454 g/mol. The lowest BCUT2D eigenvalue weighted by molar-refractivity contribution is -0.144. The third-order valence-corrected chi connectivity index (χ3v) is 12.1. The zero-order valence-electron chi connectivity index (χ0n) is 20.1. The Morgan fingerprint density at radius 1 is 1.03 bits per heavy atom. The summed E-state index contributed by atoms with van der Waals surface area (Å²) >= 11 is 0. The van der Waals surface area contributed by atoms with E-state index in [9.17, 15) is 9.90 Å². The molecule has 2 aromatic carbocycles. The second-order valence-electron chi connectivity index (χ2n) is 10.1. The highest BCUT2D eigenvalue weighted by atomic mass is 28.4. The van der Waals surface area contributed by atoms with Crippen LogP contribution >= 0.6 is 0 Å². The zero-order valence-corrected chi connectivity index (χ0v) is 21.1. The van der Waals surface area contributed by atoms with Crippen molar-refractivity contribution in [2.24, 2.45) is 17.8 Å². The first kappa shape index (κ1) is 24.7. The molecule has 32 heavy (non-hydrogen) atoms. The Morgan fingerprint density at radius 2 is 1.56 bits per heavy atom. The van der Waals surface area contributed by atoms with E-state index in [2.05, 4.69) is 76.2 Å². The maximum atomic E-state index is 12.2. The normalized spacial score (nSPS) is 23.8. The highest BCUT2D eigenvalue weighted by Crippen LogP contribution is 2.42. The van der Waals surface area contributed by atoms with Crippen LogP contribution in [0.5, 0.6) is 0 Å². The van der Waals surface area contributed by atoms with Gasteiger partial charge in [0.15, 0.2) is 0 Å². The number of carbonyl (C=O) groups is 1. The van der Waals surface area contributed by atoms with Gasteiger partial charge in [-0.25, -0.2) is 0 Å². The van der Waals surface area contributed by atoms with Crippen LogP contribution in [0.15, 0.2) is 60.7 Å². The molecule has 2 aromatic rings. The lowest BCUT2D eigenvalue weighted by Gasteiger charge is -2.44. The van der Waals surface area contributed by atoms with Crippen LogP contribution in [0.2, 0.25) is 5.04 Å². The number of rotatable bonds is 8. The second kappa shape index (κ2) is 10.3. The molecule has 5 heteroatoms. The van der Waals surface area contributed by atoms with Gasteiger partial charge in [0.1, 0.15) is 0 Å². The van der Waals surface area contributed by atoms with E-state index in [0.717, 1.165) is 0 Å². The summed E-state index contributed by atoms with van der Waals surface area (Å²) in [7, 11) is -2.65. The van der Waals surface area contributed by atoms with Crippen LogP contribution in [0.25, 0.3) is 0 Å². The van der Waals surface area contributed by atoms with Crippen molar-refractivity contribution in [3.8, 4) is 0 Å². The molecule has 0 unspecified atom stereocenters. The first-order valence-corrected chi connectivity index (χ1v) is 13.7. The first-order chi connectivity index (χ1) is 15.2. The van der Waals surface area contributed by atoms with E-state index in [4.69, 9.17) is 9.16 Å². The van der Waals surface area contributed by atoms with Crippen LogP contribution in [0.1, 0.15) is 47.5 Å². The number of ether oxygens (including phenoxy) is 1. The molecule has 0 radical (unpaired) electrons. The Kier molecular flexibility index (Phi) is 7.96. The molecule has 1 aliphatic carbocycles. The molecular formula is C27H38O4Si. The molecule has 0 aliphatic heterocycles. The molecule has 174 valence electrons. The summed E-state index contributed by atoms with van der Waals surface area (Å²) in [4.78, 5) is 12.2. The minimum absolute atomic E-state index is 0.0669. The number of carbonyl (C=O) groups excluding carboxylic acids is 1. The number of benzene rings is 2. The van der Waals surface area contributed by atoms with E-state index in [1.807, 2.05) is 19.1 Å². The molecule has 1 aliphatic rings. The van der Waals surface area contributed by atoms with Gasteiger partial charge in [-0.2, -0.15) is 0 Å². The summed E-state index contributed by atoms with van der Waals surface area (Å²) in [5.41, 5.74) is 0. The average Bonchev–Trinajstić information content (AvgIpc) is 3.02. The number of aliphatic hydroxyl groups is 1. The number of esters is 1. The van der Waals surface area contributed by atoms with Gasteiger partial charge in [0.2, 0.25) is 0 Å². The fourth-order valence-corrected chi connectivity index (χ4v) is 9.95. The Labute approximate surface area is 194 Å². The Balaban J connectivity index is 1.97. The van der Waals surface area contributed by atoms with E-state index in [0.29, 0.717) is 26.1 Å². The van der Waals surface area contributed by atoms with Crippen molar-refractivity contribution in [1.29, 1.82) is 0 Å². The lowest BCUT2D eigenvalue weighted by atomic mass is 9.89. The van der Waals surface area contributed by atoms with E-state index < -0.39 is 14.4 Å². The summed E-state index contributed by atoms with van der Waals surface area (Å²) in [6.45, 7) is 11.6. The minimum atomic E-state index is -2.65. The molecule has 3 rings (SSSR count). The van der Waals surface area contributed by atoms with Gasteiger partial charge in [-0.1, -0.05) is 88.4 Å². The standard InChI is InChI=1S/C27H38O4Si/c1-6-30-26(29)18-21-17-25(28)20(2)24(21)19-31-32(27(3,4)5,22-13-9-7-10-14-22)23-15-11-8-12-16-23/h7-16,20-21,24-25,28H,6,17-19H2,1-5H3/t20-,21-,24-,25+/m1/s1. The van der Waals surface area contributed by atoms with Crippen LogP contribution in [-0.4, -0.2) is 38.7 Å². The number of aliphatic hydroxyl groups excluding tert-OH is 1. The molecule has 4 atom stereocenters. The highest BCUT2D eigenvalue weighted by Gasteiger charge is 2.51. The third-order valence-electron chi connectivity index (χ3n) is 7.08. The quantitative estimate of drug-likeness (QED) is 0.481. The van der Waals surface area contributed by atoms with Gasteiger partial charge in [-0.15, -0.1) is 0 Å². The van der Waals surface area contributed by atoms with Crippen LogP contribution in [-0.2, 0) is 14.0 Å². The van der Waals surface area contributed by atoms with Gasteiger partial charge in [0.25, 0.3) is 8.32 Å². The Morgan fingerprint density at radius 3 is 2.03 bits per heavy atom. The summed E-state index contributed by atoms with van der Waals surface area (Å²) in [5, 5.41) is 13.0. The highest BCUT2D eigenvalue weighted by molar-refractivity contribution is 6.99. The van der Waals surface area contributed by atoms with Crippen molar-refractivity contribution >= 4 is 24.7 Å². The van der Waals surface area contributed by atoms with E-state index in [1.54, 1.807) is 0 Å². The van der Waals surface area contributed by atoms with Crippen molar-refractivity contribution in [1.82, 2.24) is 0 Å². The van der Waals surface area contributed by atoms with Gasteiger partial charge < -0.3 is 14.3 Å². The van der Waals surface area contributed by atoms with Crippen molar-refractivity contribution in [3.05, 3.63) is 60.7 Å². The van der Waals surface area contributed by atoms with Gasteiger partial charge in [0.05, 0.1) is 12.7 Å². The fraction of sp³-hybridized carbons (Fsp3) is 0.519. The van der Waals surface area contributed by atoms with Crippen LogP contribution in [0.4, 0.5) is 0 Å². The first-order valence-electron chi connectivity index (χ1n) is 11.8. The summed E-state index contributed by atoms with van der Waals surface area (Å²) in [5.74, 6) is 0.0650. The van der Waals surface area contributed by atoms with Gasteiger partial charge >= 0.3 is 5.97 Å². The molecule has 1 saturated carbocycles. The third kappa shape index (κ3) is 5.00. The molecule has 1 N–H and O–H groups in total. The lowest BCUT2D eigenvalue weighted by Crippen LogP contribution is -2.67. The number of hydrogen-bond acceptors (Lipinski definition) is 4. The SMILES string of the molecule is CCOC(=O)C[C@H]1C[C@H](O)[C@H](C)[C@H]1CO[Si](c1ccccc1)(c1ccccc1)C(C)(C)C. The molecule has 1 fully saturated rings. The topological polar surface area (TPSA) is 55.8 Å². The maximum absolute atomic E-state index is 12.2. The van der Waals surface area contributed by atoms with E-state index >= 15 is 0 Å². The zero-order chi connectivity index (χ0) is 23.4. The molecule has 0 amide bonds. The van der Waals surface area contributed by atoms with Gasteiger partial charge in [-0.3, -0.25) is 4.79 Å². The molecule has 0 saturated heterocycles. The van der Waals surface area contributed by atoms with Gasteiger partial charge in [-0.05, 0) is 46.5 Å². The van der Waals surface area contributed by atoms with Crippen LogP contribution < -0.4 is 10.4 Å². The fourth-order valence-electron chi connectivity index (χ4n) is 5.35. The molecule has 4 nitrogen and oxygen atoms in total. The minimum Gasteiger partial charge on any atom is -0.466 e. The summed E-state index contributed by atoms with van der Waals surface area (Å²) in [6, 6.07) is 21.2. The maximum Gasteiger partial charge on any atom is 0.306 e. The second-order valence-corrected chi connectivity index (χ2v) is 14.4. The Hall–Kier alpha value is -1.95. The molecule has 0 bridgehead atoms. The molecule has 0 heterocycles.